The highest BCUT2D eigenvalue weighted by Crippen LogP contribution is 2.39. The van der Waals surface area contributed by atoms with Gasteiger partial charge in [0, 0.05) is 5.92 Å². The second-order valence-corrected chi connectivity index (χ2v) is 5.43. The normalized spacial score (nSPS) is 14.5. The summed E-state index contributed by atoms with van der Waals surface area (Å²) in [7, 11) is 0. The highest BCUT2D eigenvalue weighted by Gasteiger charge is 2.24. The number of para-hydroxylation sites is 1. The minimum atomic E-state index is -0.591. The number of rotatable bonds is 3. The molecule has 1 unspecified atom stereocenters. The summed E-state index contributed by atoms with van der Waals surface area (Å²) < 4.78 is 0. The Balaban J connectivity index is 2.13. The SMILES string of the molecule is CC#CC(=O)Nc1c(C(N)=O)cccc1C1C=Cc2ccccc21. The number of carbonyl (C=O) groups excluding carboxylic acids is 2. The molecule has 2 aromatic rings. The molecule has 3 rings (SSSR count). The topological polar surface area (TPSA) is 72.2 Å². The highest BCUT2D eigenvalue weighted by molar-refractivity contribution is 6.09. The number of carbonyl (C=O) groups is 2. The van der Waals surface area contributed by atoms with Crippen LogP contribution in [0.4, 0.5) is 5.69 Å². The summed E-state index contributed by atoms with van der Waals surface area (Å²) >= 11 is 0. The number of hydrogen-bond donors (Lipinski definition) is 2. The Bertz CT molecular complexity index is 917. The molecule has 2 aromatic carbocycles. The molecular formula is C20H16N2O2. The third-order valence-electron chi connectivity index (χ3n) is 3.97. The van der Waals surface area contributed by atoms with Crippen molar-refractivity contribution in [2.75, 3.05) is 5.32 Å². The standard InChI is InChI=1S/C20H16N2O2/c1-2-6-18(23)22-19-16(9-5-10-17(19)20(21)24)15-12-11-13-7-3-4-8-14(13)15/h3-5,7-12,15H,1H3,(H2,21,24)(H,22,23). The Labute approximate surface area is 140 Å². The zero-order valence-electron chi connectivity index (χ0n) is 13.2. The average Bonchev–Trinajstić information content (AvgIpc) is 2.99. The molecule has 0 saturated carbocycles. The summed E-state index contributed by atoms with van der Waals surface area (Å²) in [5.41, 5.74) is 9.24. The van der Waals surface area contributed by atoms with Crippen LogP contribution in [0.3, 0.4) is 0 Å². The summed E-state index contributed by atoms with van der Waals surface area (Å²) in [6, 6.07) is 13.3. The van der Waals surface area contributed by atoms with E-state index in [-0.39, 0.29) is 11.5 Å². The third kappa shape index (κ3) is 2.80. The minimum absolute atomic E-state index is 0.0506. The summed E-state index contributed by atoms with van der Waals surface area (Å²) in [6.07, 6.45) is 4.08. The summed E-state index contributed by atoms with van der Waals surface area (Å²) in [5, 5.41) is 2.72. The van der Waals surface area contributed by atoms with E-state index in [0.717, 1.165) is 16.7 Å². The maximum absolute atomic E-state index is 11.9. The van der Waals surface area contributed by atoms with Gasteiger partial charge in [-0.15, -0.1) is 0 Å². The van der Waals surface area contributed by atoms with Crippen LogP contribution in [0, 0.1) is 11.8 Å². The van der Waals surface area contributed by atoms with E-state index in [9.17, 15) is 9.59 Å². The molecule has 0 aromatic heterocycles. The van der Waals surface area contributed by atoms with Gasteiger partial charge in [0.05, 0.1) is 11.3 Å². The predicted molar refractivity (Wildman–Crippen MR) is 94.4 cm³/mol. The number of nitrogens with two attached hydrogens (primary N) is 1. The molecule has 1 aliphatic rings. The van der Waals surface area contributed by atoms with Gasteiger partial charge < -0.3 is 11.1 Å². The molecule has 0 aliphatic heterocycles. The molecule has 0 saturated heterocycles. The zero-order valence-corrected chi connectivity index (χ0v) is 13.2. The van der Waals surface area contributed by atoms with E-state index in [1.165, 1.54) is 0 Å². The molecule has 0 bridgehead atoms. The Morgan fingerprint density at radius 1 is 1.08 bits per heavy atom. The number of fused-ring (bicyclic) bond motifs is 1. The van der Waals surface area contributed by atoms with Crippen molar-refractivity contribution in [1.82, 2.24) is 0 Å². The van der Waals surface area contributed by atoms with Gasteiger partial charge in [0.15, 0.2) is 0 Å². The van der Waals surface area contributed by atoms with Crippen LogP contribution in [0.2, 0.25) is 0 Å². The van der Waals surface area contributed by atoms with E-state index in [2.05, 4.69) is 17.2 Å². The molecule has 0 fully saturated rings. The van der Waals surface area contributed by atoms with Crippen LogP contribution >= 0.6 is 0 Å². The van der Waals surface area contributed by atoms with Crippen molar-refractivity contribution in [3.8, 4) is 11.8 Å². The highest BCUT2D eigenvalue weighted by atomic mass is 16.2. The fraction of sp³-hybridized carbons (Fsp3) is 0.100. The Hall–Kier alpha value is -3.32. The molecule has 118 valence electrons. The van der Waals surface area contributed by atoms with Crippen LogP contribution < -0.4 is 11.1 Å². The van der Waals surface area contributed by atoms with Gasteiger partial charge in [-0.25, -0.2) is 0 Å². The van der Waals surface area contributed by atoms with E-state index in [1.54, 1.807) is 19.1 Å². The van der Waals surface area contributed by atoms with E-state index in [4.69, 9.17) is 5.73 Å². The van der Waals surface area contributed by atoms with Crippen molar-refractivity contribution >= 4 is 23.6 Å². The number of nitrogens with one attached hydrogen (secondary N) is 1. The number of benzene rings is 2. The van der Waals surface area contributed by atoms with Gasteiger partial charge in [-0.2, -0.15) is 0 Å². The molecule has 0 heterocycles. The lowest BCUT2D eigenvalue weighted by molar-refractivity contribution is -0.111. The maximum atomic E-state index is 11.9. The predicted octanol–water partition coefficient (Wildman–Crippen LogP) is 2.91. The van der Waals surface area contributed by atoms with Crippen molar-refractivity contribution in [1.29, 1.82) is 0 Å². The first-order valence-electron chi connectivity index (χ1n) is 7.55. The molecule has 4 heteroatoms. The van der Waals surface area contributed by atoms with Crippen LogP contribution in [-0.2, 0) is 4.79 Å². The van der Waals surface area contributed by atoms with Crippen LogP contribution in [-0.4, -0.2) is 11.8 Å². The van der Waals surface area contributed by atoms with E-state index < -0.39 is 11.8 Å². The molecule has 24 heavy (non-hydrogen) atoms. The molecule has 1 atom stereocenters. The number of allylic oxidation sites excluding steroid dienone is 1. The van der Waals surface area contributed by atoms with Crippen molar-refractivity contribution < 1.29 is 9.59 Å². The largest absolute Gasteiger partial charge is 0.366 e. The summed E-state index contributed by atoms with van der Waals surface area (Å²) in [5.74, 6) is 3.86. The van der Waals surface area contributed by atoms with Crippen molar-refractivity contribution in [2.24, 2.45) is 5.73 Å². The van der Waals surface area contributed by atoms with Gasteiger partial charge in [-0.05, 0) is 35.6 Å². The third-order valence-corrected chi connectivity index (χ3v) is 3.97. The van der Waals surface area contributed by atoms with Gasteiger partial charge >= 0.3 is 0 Å². The maximum Gasteiger partial charge on any atom is 0.300 e. The zero-order chi connectivity index (χ0) is 17.1. The smallest absolute Gasteiger partial charge is 0.300 e. The van der Waals surface area contributed by atoms with E-state index in [0.29, 0.717) is 5.69 Å². The quantitative estimate of drug-likeness (QED) is 0.855. The molecule has 4 nitrogen and oxygen atoms in total. The molecule has 2 amide bonds. The fourth-order valence-electron chi connectivity index (χ4n) is 2.95. The Morgan fingerprint density at radius 3 is 2.58 bits per heavy atom. The summed E-state index contributed by atoms with van der Waals surface area (Å²) in [6.45, 7) is 1.58. The molecule has 1 aliphatic carbocycles. The first kappa shape index (κ1) is 15.6. The lowest BCUT2D eigenvalue weighted by atomic mass is 9.90. The number of amides is 2. The van der Waals surface area contributed by atoms with Crippen LogP contribution in [0.25, 0.3) is 6.08 Å². The van der Waals surface area contributed by atoms with Crippen LogP contribution in [0.1, 0.15) is 39.9 Å². The molecular weight excluding hydrogens is 300 g/mol. The monoisotopic (exact) mass is 316 g/mol. The molecule has 0 spiro atoms. The summed E-state index contributed by atoms with van der Waals surface area (Å²) in [4.78, 5) is 23.7. The fourth-order valence-corrected chi connectivity index (χ4v) is 2.95. The molecule has 0 radical (unpaired) electrons. The minimum Gasteiger partial charge on any atom is -0.366 e. The first-order chi connectivity index (χ1) is 11.6. The molecule has 3 N–H and O–H groups in total. The van der Waals surface area contributed by atoms with E-state index in [1.807, 2.05) is 42.5 Å². The van der Waals surface area contributed by atoms with Gasteiger partial charge in [0.1, 0.15) is 0 Å². The number of hydrogen-bond acceptors (Lipinski definition) is 2. The lowest BCUT2D eigenvalue weighted by Crippen LogP contribution is -2.19. The van der Waals surface area contributed by atoms with Crippen LogP contribution in [0.15, 0.2) is 48.5 Å². The second-order valence-electron chi connectivity index (χ2n) is 5.43. The Morgan fingerprint density at radius 2 is 1.83 bits per heavy atom. The van der Waals surface area contributed by atoms with Gasteiger partial charge in [-0.3, -0.25) is 9.59 Å². The number of primary amides is 1. The number of anilines is 1. The lowest BCUT2D eigenvalue weighted by Gasteiger charge is -2.18. The van der Waals surface area contributed by atoms with Gasteiger partial charge in [-0.1, -0.05) is 54.5 Å². The Kier molecular flexibility index (Phi) is 4.17. The van der Waals surface area contributed by atoms with Crippen molar-refractivity contribution in [2.45, 2.75) is 12.8 Å². The average molecular weight is 316 g/mol. The van der Waals surface area contributed by atoms with E-state index >= 15 is 0 Å². The van der Waals surface area contributed by atoms with Gasteiger partial charge in [0.2, 0.25) is 0 Å². The first-order valence-corrected chi connectivity index (χ1v) is 7.55. The van der Waals surface area contributed by atoms with Crippen molar-refractivity contribution in [3.05, 3.63) is 70.8 Å². The van der Waals surface area contributed by atoms with Crippen LogP contribution in [0.5, 0.6) is 0 Å². The van der Waals surface area contributed by atoms with Gasteiger partial charge in [0.25, 0.3) is 11.8 Å². The second kappa shape index (κ2) is 6.43. The van der Waals surface area contributed by atoms with Crippen molar-refractivity contribution in [3.63, 3.8) is 0 Å².